The number of hydrogen-bond acceptors (Lipinski definition) is 4. The Hall–Kier alpha value is -1.75. The average Bonchev–Trinajstić information content (AvgIpc) is 2.41. The maximum absolute atomic E-state index is 13.1. The van der Waals surface area contributed by atoms with Crippen LogP contribution in [0.5, 0.6) is 5.75 Å². The van der Waals surface area contributed by atoms with Crippen molar-refractivity contribution in [3.05, 3.63) is 34.9 Å². The van der Waals surface area contributed by atoms with Gasteiger partial charge in [-0.2, -0.15) is 0 Å². The van der Waals surface area contributed by atoms with E-state index in [-0.39, 0.29) is 45.2 Å². The molecule has 1 heterocycles. The van der Waals surface area contributed by atoms with Crippen molar-refractivity contribution in [1.29, 1.82) is 0 Å². The van der Waals surface area contributed by atoms with Crippen molar-refractivity contribution in [1.82, 2.24) is 5.32 Å². The first-order valence-corrected chi connectivity index (χ1v) is 5.86. The number of piperidine rings is 1. The molecule has 1 aliphatic heterocycles. The van der Waals surface area contributed by atoms with Gasteiger partial charge in [0.1, 0.15) is 0 Å². The Balaban J connectivity index is 0.00000220. The zero-order chi connectivity index (χ0) is 14.7. The number of ether oxygens (including phenoxy) is 1. The Morgan fingerprint density at radius 3 is 2.81 bits per heavy atom. The normalized spacial score (nSPS) is 17.5. The van der Waals surface area contributed by atoms with Gasteiger partial charge >= 0.3 is 21.1 Å². The minimum absolute atomic E-state index is 0. The first-order valence-electron chi connectivity index (χ1n) is 5.86. The molecule has 0 bridgehead atoms. The van der Waals surface area contributed by atoms with Gasteiger partial charge in [0.25, 0.3) is 0 Å². The van der Waals surface area contributed by atoms with Gasteiger partial charge in [-0.15, -0.1) is 18.2 Å². The third kappa shape index (κ3) is 4.11. The molecular formula is C13H11FN2O4W. The fourth-order valence-corrected chi connectivity index (χ4v) is 1.80. The van der Waals surface area contributed by atoms with E-state index in [2.05, 4.69) is 16.7 Å². The summed E-state index contributed by atoms with van der Waals surface area (Å²) < 4.78 is 18.0. The minimum Gasteiger partial charge on any atom is -0.684 e. The van der Waals surface area contributed by atoms with Crippen molar-refractivity contribution in [3.63, 3.8) is 0 Å². The first-order chi connectivity index (χ1) is 9.51. The van der Waals surface area contributed by atoms with Crippen LogP contribution in [0.25, 0.3) is 5.32 Å². The molecule has 1 atom stereocenters. The number of nitrogens with one attached hydrogen (secondary N) is 1. The topological polar surface area (TPSA) is 86.6 Å². The third-order valence-corrected chi connectivity index (χ3v) is 2.79. The zero-order valence-electron chi connectivity index (χ0n) is 11.0. The summed E-state index contributed by atoms with van der Waals surface area (Å²) in [5.74, 6) is -2.45. The number of benzene rings is 1. The molecule has 3 amide bonds. The number of hydrogen-bond donors (Lipinski definition) is 1. The molecule has 1 saturated heterocycles. The first kappa shape index (κ1) is 17.3. The number of imide groups is 1. The summed E-state index contributed by atoms with van der Waals surface area (Å²) in [6.45, 7) is 0. The van der Waals surface area contributed by atoms with Crippen LogP contribution >= 0.6 is 0 Å². The molecule has 1 N–H and O–H groups in total. The van der Waals surface area contributed by atoms with Crippen molar-refractivity contribution in [2.24, 2.45) is 0 Å². The number of carbonyl (C=O) groups is 3. The molecule has 6 nitrogen and oxygen atoms in total. The summed E-state index contributed by atoms with van der Waals surface area (Å²) in [4.78, 5) is 34.4. The van der Waals surface area contributed by atoms with Gasteiger partial charge in [-0.05, 0) is 18.4 Å². The van der Waals surface area contributed by atoms with E-state index >= 15 is 0 Å². The largest absolute Gasteiger partial charge is 2.00 e. The number of carbonyl (C=O) groups excluding carboxylic acids is 3. The number of rotatable bonds is 3. The molecule has 0 aromatic heterocycles. The van der Waals surface area contributed by atoms with Crippen LogP contribution in [0.15, 0.2) is 12.1 Å². The van der Waals surface area contributed by atoms with Gasteiger partial charge < -0.3 is 14.8 Å². The van der Waals surface area contributed by atoms with Gasteiger partial charge in [-0.1, -0.05) is 5.56 Å². The van der Waals surface area contributed by atoms with E-state index in [0.717, 1.165) is 6.07 Å². The van der Waals surface area contributed by atoms with Crippen LogP contribution in [-0.2, 0) is 30.7 Å². The van der Waals surface area contributed by atoms with Crippen LogP contribution < -0.4 is 10.1 Å². The molecular weight excluding hydrogens is 451 g/mol. The second-order valence-electron chi connectivity index (χ2n) is 4.15. The van der Waals surface area contributed by atoms with Crippen LogP contribution in [0, 0.1) is 11.9 Å². The average molecular weight is 462 g/mol. The Bertz CT molecular complexity index is 579. The maximum atomic E-state index is 13.1. The Morgan fingerprint density at radius 2 is 2.19 bits per heavy atom. The van der Waals surface area contributed by atoms with Crippen molar-refractivity contribution in [3.8, 4) is 5.75 Å². The van der Waals surface area contributed by atoms with E-state index in [1.165, 1.54) is 13.2 Å². The van der Waals surface area contributed by atoms with Crippen LogP contribution in [0.1, 0.15) is 23.2 Å². The summed E-state index contributed by atoms with van der Waals surface area (Å²) >= 11 is 0. The van der Waals surface area contributed by atoms with E-state index in [4.69, 9.17) is 4.74 Å². The maximum Gasteiger partial charge on any atom is 2.00 e. The van der Waals surface area contributed by atoms with Gasteiger partial charge in [0.05, 0.1) is 7.11 Å². The number of amides is 3. The Labute approximate surface area is 134 Å². The monoisotopic (exact) mass is 462 g/mol. The number of methoxy groups -OCH3 is 1. The molecule has 1 aromatic rings. The number of halogens is 1. The van der Waals surface area contributed by atoms with Gasteiger partial charge in [-0.3, -0.25) is 14.9 Å². The molecule has 0 aliphatic carbocycles. The molecule has 110 valence electrons. The molecule has 0 saturated carbocycles. The summed E-state index contributed by atoms with van der Waals surface area (Å²) in [7, 11) is 1.32. The molecule has 0 unspecified atom stereocenters. The van der Waals surface area contributed by atoms with Crippen molar-refractivity contribution >= 4 is 17.7 Å². The molecule has 8 heteroatoms. The van der Waals surface area contributed by atoms with Gasteiger partial charge in [0.15, 0.2) is 0 Å². The van der Waals surface area contributed by atoms with Crippen LogP contribution in [0.4, 0.5) is 4.39 Å². The fraction of sp³-hybridized carbons (Fsp3) is 0.308. The molecule has 1 aliphatic rings. The standard InChI is InChI=1S/C13H12FN2O4.W/c1-20-10-4-2-7(14)6-8(10)12(18)15-9-3-5-11(17)16-13(9)19;/h2,4,9H,3,5H2,1H3,(H2,15,16,17,18,19);/q-1;+2/p-1/t9-;/m1./s1. The summed E-state index contributed by atoms with van der Waals surface area (Å²) in [6.07, 6.45) is 0.255. The van der Waals surface area contributed by atoms with Gasteiger partial charge in [0.2, 0.25) is 11.8 Å². The van der Waals surface area contributed by atoms with Crippen LogP contribution in [0.2, 0.25) is 0 Å². The van der Waals surface area contributed by atoms with E-state index < -0.39 is 29.6 Å². The third-order valence-electron chi connectivity index (χ3n) is 2.79. The number of nitrogens with zero attached hydrogens (tertiary/aromatic N) is 1. The van der Waals surface area contributed by atoms with Crippen LogP contribution in [0.3, 0.4) is 0 Å². The summed E-state index contributed by atoms with van der Waals surface area (Å²) in [6, 6.07) is 3.62. The second-order valence-corrected chi connectivity index (χ2v) is 4.15. The molecule has 1 fully saturated rings. The molecule has 1 aromatic carbocycles. The zero-order valence-corrected chi connectivity index (χ0v) is 13.9. The quantitative estimate of drug-likeness (QED) is 0.536. The van der Waals surface area contributed by atoms with Crippen molar-refractivity contribution in [2.45, 2.75) is 18.9 Å². The molecule has 0 spiro atoms. The Morgan fingerprint density at radius 1 is 1.48 bits per heavy atom. The van der Waals surface area contributed by atoms with E-state index in [0.29, 0.717) is 0 Å². The molecule has 2 rings (SSSR count). The van der Waals surface area contributed by atoms with Gasteiger partial charge in [0, 0.05) is 18.0 Å². The Kier molecular flexibility index (Phi) is 6.02. The SMILES string of the molecule is COc1ccc(F)[c-]c1C(=O)[N-][C@@H]1CCC(=O)NC1=O.[W+2]. The van der Waals surface area contributed by atoms with Crippen LogP contribution in [-0.4, -0.2) is 30.9 Å². The van der Waals surface area contributed by atoms with E-state index in [9.17, 15) is 18.8 Å². The summed E-state index contributed by atoms with van der Waals surface area (Å²) in [5, 5.41) is 5.78. The fourth-order valence-electron chi connectivity index (χ4n) is 1.80. The van der Waals surface area contributed by atoms with E-state index in [1.807, 2.05) is 0 Å². The molecule has 21 heavy (non-hydrogen) atoms. The predicted molar refractivity (Wildman–Crippen MR) is 65.6 cm³/mol. The smallest absolute Gasteiger partial charge is 0.684 e. The minimum atomic E-state index is -0.957. The predicted octanol–water partition coefficient (Wildman–Crippen LogP) is 0.951. The molecule has 0 radical (unpaired) electrons. The van der Waals surface area contributed by atoms with Crippen molar-refractivity contribution < 1.29 is 44.6 Å². The second kappa shape index (κ2) is 7.31. The van der Waals surface area contributed by atoms with E-state index in [1.54, 1.807) is 0 Å². The summed E-state index contributed by atoms with van der Waals surface area (Å²) in [5.41, 5.74) is -0.183. The van der Waals surface area contributed by atoms with Gasteiger partial charge in [-0.25, -0.2) is 4.39 Å². The van der Waals surface area contributed by atoms with Crippen molar-refractivity contribution in [2.75, 3.05) is 7.11 Å².